The molecule has 2 aromatic heterocycles. The van der Waals surface area contributed by atoms with Crippen LogP contribution in [0.1, 0.15) is 25.7 Å². The van der Waals surface area contributed by atoms with E-state index >= 15 is 0 Å². The Hall–Kier alpha value is -0.640. The Balaban J connectivity index is 2.12. The summed E-state index contributed by atoms with van der Waals surface area (Å²) in [6, 6.07) is 10.9. The van der Waals surface area contributed by atoms with E-state index in [9.17, 15) is 0 Å². The van der Waals surface area contributed by atoms with E-state index in [-0.39, 0.29) is 0 Å². The highest BCUT2D eigenvalue weighted by Gasteiger charge is 2.18. The average molecular weight is 337 g/mol. The zero-order valence-corrected chi connectivity index (χ0v) is 13.5. The lowest BCUT2D eigenvalue weighted by Crippen LogP contribution is -1.91. The predicted molar refractivity (Wildman–Crippen MR) is 86.4 cm³/mol. The molecule has 0 fully saturated rings. The summed E-state index contributed by atoms with van der Waals surface area (Å²) in [7, 11) is 0. The van der Waals surface area contributed by atoms with Crippen molar-refractivity contribution in [2.45, 2.75) is 18.7 Å². The second-order valence-corrected chi connectivity index (χ2v) is 7.71. The monoisotopic (exact) mass is 336 g/mol. The second kappa shape index (κ2) is 4.80. The van der Waals surface area contributed by atoms with Crippen molar-refractivity contribution < 1.29 is 0 Å². The van der Waals surface area contributed by atoms with Crippen LogP contribution in [0.3, 0.4) is 0 Å². The number of benzene rings is 1. The zero-order valence-electron chi connectivity index (χ0n) is 10.2. The number of aryl methyl sites for hydroxylation is 2. The number of rotatable bonds is 2. The summed E-state index contributed by atoms with van der Waals surface area (Å²) in [5.74, 6) is 0. The van der Waals surface area contributed by atoms with Crippen molar-refractivity contribution in [1.82, 2.24) is 0 Å². The zero-order chi connectivity index (χ0) is 12.7. The largest absolute Gasteiger partial charge is 0.146 e. The molecule has 0 aliphatic rings. The van der Waals surface area contributed by atoms with E-state index in [1.54, 1.807) is 0 Å². The molecule has 0 bridgehead atoms. The van der Waals surface area contributed by atoms with Crippen molar-refractivity contribution in [3.63, 3.8) is 0 Å². The van der Waals surface area contributed by atoms with Crippen LogP contribution >= 0.6 is 38.6 Å². The Bertz CT molecular complexity index is 693. The standard InChI is InChI=1S/C15H13BrS2/c1-9-7-12(10(2)18-9)15(16)13-8-17-14-6-4-3-5-11(13)14/h3-8,15H,1-2H3. The van der Waals surface area contributed by atoms with E-state index in [2.05, 4.69) is 65.5 Å². The molecule has 1 atom stereocenters. The highest BCUT2D eigenvalue weighted by Crippen LogP contribution is 2.41. The number of alkyl halides is 1. The summed E-state index contributed by atoms with van der Waals surface area (Å²) >= 11 is 7.57. The molecule has 2 heterocycles. The van der Waals surface area contributed by atoms with Crippen molar-refractivity contribution in [3.8, 4) is 0 Å². The van der Waals surface area contributed by atoms with Crippen LogP contribution in [-0.2, 0) is 0 Å². The lowest BCUT2D eigenvalue weighted by molar-refractivity contribution is 1.20. The van der Waals surface area contributed by atoms with E-state index < -0.39 is 0 Å². The molecule has 92 valence electrons. The number of hydrogen-bond donors (Lipinski definition) is 0. The predicted octanol–water partition coefficient (Wildman–Crippen LogP) is 6.06. The third-order valence-electron chi connectivity index (χ3n) is 3.14. The molecule has 1 aromatic carbocycles. The number of halogens is 1. The van der Waals surface area contributed by atoms with Crippen LogP contribution in [0, 0.1) is 13.8 Å². The molecule has 3 rings (SSSR count). The maximum Gasteiger partial charge on any atom is 0.0669 e. The topological polar surface area (TPSA) is 0 Å². The van der Waals surface area contributed by atoms with Crippen LogP contribution in [-0.4, -0.2) is 0 Å². The summed E-state index contributed by atoms with van der Waals surface area (Å²) in [5, 5.41) is 3.64. The molecule has 0 radical (unpaired) electrons. The first-order chi connectivity index (χ1) is 8.66. The molecule has 0 saturated carbocycles. The van der Waals surface area contributed by atoms with E-state index in [4.69, 9.17) is 0 Å². The first-order valence-corrected chi connectivity index (χ1v) is 8.45. The molecule has 0 N–H and O–H groups in total. The normalized spacial score (nSPS) is 13.1. The van der Waals surface area contributed by atoms with Crippen LogP contribution < -0.4 is 0 Å². The van der Waals surface area contributed by atoms with Gasteiger partial charge in [0.05, 0.1) is 4.83 Å². The Morgan fingerprint density at radius 2 is 1.89 bits per heavy atom. The summed E-state index contributed by atoms with van der Waals surface area (Å²) in [6.07, 6.45) is 0. The summed E-state index contributed by atoms with van der Waals surface area (Å²) < 4.78 is 1.36. The van der Waals surface area contributed by atoms with Gasteiger partial charge in [0.15, 0.2) is 0 Å². The molecular formula is C15H13BrS2. The number of thiophene rings is 2. The van der Waals surface area contributed by atoms with E-state index in [0.717, 1.165) is 0 Å². The minimum absolute atomic E-state index is 0.304. The molecule has 0 saturated heterocycles. The third kappa shape index (κ3) is 2.04. The Kier molecular flexibility index (Phi) is 3.31. The van der Waals surface area contributed by atoms with Gasteiger partial charge in [0.1, 0.15) is 0 Å². The lowest BCUT2D eigenvalue weighted by atomic mass is 10.0. The Morgan fingerprint density at radius 1 is 1.11 bits per heavy atom. The van der Waals surface area contributed by atoms with Gasteiger partial charge in [0, 0.05) is 14.5 Å². The maximum atomic E-state index is 3.87. The average Bonchev–Trinajstić information content (AvgIpc) is 2.92. The van der Waals surface area contributed by atoms with Crippen LogP contribution in [0.15, 0.2) is 35.7 Å². The molecule has 0 aliphatic carbocycles. The van der Waals surface area contributed by atoms with E-state index in [0.29, 0.717) is 4.83 Å². The van der Waals surface area contributed by atoms with E-state index in [1.807, 2.05) is 22.7 Å². The van der Waals surface area contributed by atoms with E-state index in [1.165, 1.54) is 31.0 Å². The summed E-state index contributed by atoms with van der Waals surface area (Å²) in [5.41, 5.74) is 2.79. The van der Waals surface area contributed by atoms with Gasteiger partial charge in [-0.05, 0) is 47.9 Å². The highest BCUT2D eigenvalue weighted by atomic mass is 79.9. The van der Waals surface area contributed by atoms with Gasteiger partial charge >= 0.3 is 0 Å². The number of fused-ring (bicyclic) bond motifs is 1. The molecule has 0 spiro atoms. The van der Waals surface area contributed by atoms with Crippen molar-refractivity contribution in [3.05, 3.63) is 56.6 Å². The Morgan fingerprint density at radius 3 is 2.61 bits per heavy atom. The second-order valence-electron chi connectivity index (χ2n) is 4.42. The van der Waals surface area contributed by atoms with Gasteiger partial charge in [-0.25, -0.2) is 0 Å². The van der Waals surface area contributed by atoms with Crippen molar-refractivity contribution >= 4 is 48.7 Å². The summed E-state index contributed by atoms with van der Waals surface area (Å²) in [6.45, 7) is 4.38. The van der Waals surface area contributed by atoms with Gasteiger partial charge in [0.2, 0.25) is 0 Å². The molecular weight excluding hydrogens is 324 g/mol. The van der Waals surface area contributed by atoms with Crippen LogP contribution in [0.25, 0.3) is 10.1 Å². The smallest absolute Gasteiger partial charge is 0.0669 e. The SMILES string of the molecule is Cc1cc(C(Br)c2csc3ccccc23)c(C)s1. The van der Waals surface area contributed by atoms with Crippen LogP contribution in [0.5, 0.6) is 0 Å². The highest BCUT2D eigenvalue weighted by molar-refractivity contribution is 9.09. The number of hydrogen-bond acceptors (Lipinski definition) is 2. The third-order valence-corrected chi connectivity index (χ3v) is 6.09. The van der Waals surface area contributed by atoms with Gasteiger partial charge in [-0.15, -0.1) is 22.7 Å². The lowest BCUT2D eigenvalue weighted by Gasteiger charge is -2.08. The van der Waals surface area contributed by atoms with Gasteiger partial charge in [-0.2, -0.15) is 0 Å². The van der Waals surface area contributed by atoms with Gasteiger partial charge < -0.3 is 0 Å². The Labute approximate surface area is 123 Å². The molecule has 0 aliphatic heterocycles. The van der Waals surface area contributed by atoms with Crippen LogP contribution in [0.2, 0.25) is 0 Å². The fraction of sp³-hybridized carbons (Fsp3) is 0.200. The fourth-order valence-corrected chi connectivity index (χ4v) is 5.40. The van der Waals surface area contributed by atoms with Crippen molar-refractivity contribution in [2.24, 2.45) is 0 Å². The quantitative estimate of drug-likeness (QED) is 0.498. The van der Waals surface area contributed by atoms with Crippen molar-refractivity contribution in [2.75, 3.05) is 0 Å². The maximum absolute atomic E-state index is 3.87. The molecule has 18 heavy (non-hydrogen) atoms. The molecule has 3 heteroatoms. The van der Waals surface area contributed by atoms with Crippen molar-refractivity contribution in [1.29, 1.82) is 0 Å². The molecule has 0 nitrogen and oxygen atoms in total. The molecule has 1 unspecified atom stereocenters. The van der Waals surface area contributed by atoms with Crippen LogP contribution in [0.4, 0.5) is 0 Å². The van der Waals surface area contributed by atoms with Gasteiger partial charge in [0.25, 0.3) is 0 Å². The van der Waals surface area contributed by atoms with Gasteiger partial charge in [-0.1, -0.05) is 34.1 Å². The first kappa shape index (κ1) is 12.4. The minimum Gasteiger partial charge on any atom is -0.146 e. The van der Waals surface area contributed by atoms with Gasteiger partial charge in [-0.3, -0.25) is 0 Å². The molecule has 3 aromatic rings. The fourth-order valence-electron chi connectivity index (χ4n) is 2.26. The first-order valence-electron chi connectivity index (χ1n) is 5.84. The summed E-state index contributed by atoms with van der Waals surface area (Å²) in [4.78, 5) is 3.09. The minimum atomic E-state index is 0.304. The molecule has 0 amide bonds.